The van der Waals surface area contributed by atoms with Crippen molar-refractivity contribution in [1.82, 2.24) is 4.98 Å². The average molecular weight is 261 g/mol. The van der Waals surface area contributed by atoms with E-state index in [0.717, 1.165) is 13.3 Å². The zero-order valence-corrected chi connectivity index (χ0v) is 9.04. The highest BCUT2D eigenvalue weighted by Crippen LogP contribution is 2.32. The first-order valence-electron chi connectivity index (χ1n) is 3.55. The van der Waals surface area contributed by atoms with Crippen molar-refractivity contribution in [3.63, 3.8) is 0 Å². The van der Waals surface area contributed by atoms with Crippen LogP contribution < -0.4 is 0 Å². The second-order valence-electron chi connectivity index (χ2n) is 2.50. The second kappa shape index (κ2) is 4.06. The molecule has 1 aromatic rings. The highest BCUT2D eigenvalue weighted by atomic mass is 32.2. The van der Waals surface area contributed by atoms with Gasteiger partial charge in [0.05, 0.1) is 7.11 Å². The summed E-state index contributed by atoms with van der Waals surface area (Å²) in [6.07, 6.45) is -3.66. The third-order valence-electron chi connectivity index (χ3n) is 1.37. The Hall–Kier alpha value is -0.670. The summed E-state index contributed by atoms with van der Waals surface area (Å²) in [7, 11) is -2.86. The van der Waals surface area contributed by atoms with Crippen LogP contribution in [0.15, 0.2) is 6.20 Å². The van der Waals surface area contributed by atoms with Crippen molar-refractivity contribution in [3.05, 3.63) is 16.1 Å². The summed E-state index contributed by atoms with van der Waals surface area (Å²) in [6.45, 7) is 0. The zero-order chi connectivity index (χ0) is 11.7. The highest BCUT2D eigenvalue weighted by Gasteiger charge is 2.34. The topological polar surface area (TPSA) is 56.3 Å². The lowest BCUT2D eigenvalue weighted by Crippen LogP contribution is -2.04. The molecular weight excluding hydrogens is 255 g/mol. The van der Waals surface area contributed by atoms with Crippen molar-refractivity contribution in [3.8, 4) is 0 Å². The van der Waals surface area contributed by atoms with Gasteiger partial charge in [0.2, 0.25) is 0 Å². The molecular formula is C6H6F3NO3S2. The van der Waals surface area contributed by atoms with Gasteiger partial charge in [-0.2, -0.15) is 21.6 Å². The molecule has 1 heterocycles. The average Bonchev–Trinajstić information content (AvgIpc) is 2.51. The Balaban J connectivity index is 2.87. The summed E-state index contributed by atoms with van der Waals surface area (Å²) < 4.78 is 62.2. The number of hydrogen-bond acceptors (Lipinski definition) is 5. The van der Waals surface area contributed by atoms with Crippen LogP contribution in [0.2, 0.25) is 0 Å². The molecule has 0 aliphatic heterocycles. The number of alkyl halides is 3. The van der Waals surface area contributed by atoms with Crippen LogP contribution in [-0.4, -0.2) is 20.5 Å². The van der Waals surface area contributed by atoms with Gasteiger partial charge in [-0.15, -0.1) is 11.3 Å². The number of nitrogens with zero attached hydrogens (tertiary/aromatic N) is 1. The molecule has 0 aliphatic rings. The Morgan fingerprint density at radius 1 is 1.53 bits per heavy atom. The third-order valence-corrected chi connectivity index (χ3v) is 3.77. The fourth-order valence-corrected chi connectivity index (χ4v) is 2.52. The quantitative estimate of drug-likeness (QED) is 0.776. The molecule has 0 saturated carbocycles. The van der Waals surface area contributed by atoms with E-state index in [9.17, 15) is 21.6 Å². The van der Waals surface area contributed by atoms with Gasteiger partial charge in [-0.3, -0.25) is 4.18 Å². The normalized spacial score (nSPS) is 13.1. The molecule has 0 unspecified atom stereocenters. The molecule has 9 heteroatoms. The van der Waals surface area contributed by atoms with Gasteiger partial charge in [-0.25, -0.2) is 4.98 Å². The minimum absolute atomic E-state index is 0.0100. The molecule has 0 amide bonds. The first kappa shape index (κ1) is 12.4. The van der Waals surface area contributed by atoms with Gasteiger partial charge in [-0.05, 0) is 0 Å². The number of thiazole rings is 1. The summed E-state index contributed by atoms with van der Waals surface area (Å²) in [5.41, 5.74) is 0. The third kappa shape index (κ3) is 3.43. The van der Waals surface area contributed by atoms with E-state index in [1.807, 2.05) is 0 Å². The minimum Gasteiger partial charge on any atom is -0.273 e. The van der Waals surface area contributed by atoms with E-state index in [4.69, 9.17) is 0 Å². The van der Waals surface area contributed by atoms with E-state index >= 15 is 0 Å². The van der Waals surface area contributed by atoms with E-state index in [0.29, 0.717) is 0 Å². The lowest BCUT2D eigenvalue weighted by molar-refractivity contribution is -0.137. The first-order valence-corrected chi connectivity index (χ1v) is 5.94. The van der Waals surface area contributed by atoms with Crippen LogP contribution in [0.3, 0.4) is 0 Å². The molecule has 0 atom stereocenters. The predicted molar refractivity (Wildman–Crippen MR) is 46.7 cm³/mol. The number of hydrogen-bond donors (Lipinski definition) is 0. The van der Waals surface area contributed by atoms with Crippen molar-refractivity contribution in [2.45, 2.75) is 11.9 Å². The van der Waals surface area contributed by atoms with E-state index in [1.54, 1.807) is 0 Å². The minimum atomic E-state index is -4.54. The Bertz CT molecular complexity index is 437. The van der Waals surface area contributed by atoms with E-state index in [2.05, 4.69) is 9.17 Å². The standard InChI is InChI=1S/C6H6F3NO3S2/c1-13-15(11,12)3-4-2-10-5(14-4)6(7,8)9/h2H,3H2,1H3. The Labute approximate surface area is 87.8 Å². The summed E-state index contributed by atoms with van der Waals surface area (Å²) >= 11 is 0.287. The van der Waals surface area contributed by atoms with Crippen LogP contribution in [0, 0.1) is 0 Å². The van der Waals surface area contributed by atoms with E-state index in [-0.39, 0.29) is 16.2 Å². The Morgan fingerprint density at radius 3 is 2.53 bits per heavy atom. The van der Waals surface area contributed by atoms with Crippen LogP contribution >= 0.6 is 11.3 Å². The molecule has 0 bridgehead atoms. The zero-order valence-electron chi connectivity index (χ0n) is 7.41. The number of rotatable bonds is 3. The van der Waals surface area contributed by atoms with Gasteiger partial charge < -0.3 is 0 Å². The molecule has 0 saturated heterocycles. The molecule has 4 nitrogen and oxygen atoms in total. The lowest BCUT2D eigenvalue weighted by atomic mass is 10.6. The molecule has 86 valence electrons. The van der Waals surface area contributed by atoms with Crippen molar-refractivity contribution < 1.29 is 25.8 Å². The lowest BCUT2D eigenvalue weighted by Gasteiger charge is -1.99. The molecule has 0 aliphatic carbocycles. The van der Waals surface area contributed by atoms with Gasteiger partial charge >= 0.3 is 6.18 Å². The SMILES string of the molecule is COS(=O)(=O)Cc1cnc(C(F)(F)F)s1. The summed E-state index contributed by atoms with van der Waals surface area (Å²) in [5, 5.41) is -1.07. The predicted octanol–water partition coefficient (Wildman–Crippen LogP) is 1.64. The smallest absolute Gasteiger partial charge is 0.273 e. The second-order valence-corrected chi connectivity index (χ2v) is 5.35. The molecule has 0 N–H and O–H groups in total. The van der Waals surface area contributed by atoms with Gasteiger partial charge in [0.15, 0.2) is 5.01 Å². The molecule has 0 aromatic carbocycles. The maximum absolute atomic E-state index is 12.1. The van der Waals surface area contributed by atoms with Crippen molar-refractivity contribution in [2.24, 2.45) is 0 Å². The van der Waals surface area contributed by atoms with Gasteiger partial charge in [0, 0.05) is 11.1 Å². The fourth-order valence-electron chi connectivity index (χ4n) is 0.738. The van der Waals surface area contributed by atoms with E-state index < -0.39 is 27.1 Å². The maximum atomic E-state index is 12.1. The summed E-state index contributed by atoms with van der Waals surface area (Å²) in [6, 6.07) is 0. The van der Waals surface area contributed by atoms with Crippen molar-refractivity contribution in [1.29, 1.82) is 0 Å². The number of halogens is 3. The summed E-state index contributed by atoms with van der Waals surface area (Å²) in [5.74, 6) is -0.600. The van der Waals surface area contributed by atoms with Crippen LogP contribution in [0.5, 0.6) is 0 Å². The molecule has 0 spiro atoms. The molecule has 15 heavy (non-hydrogen) atoms. The molecule has 0 fully saturated rings. The highest BCUT2D eigenvalue weighted by molar-refractivity contribution is 7.86. The monoisotopic (exact) mass is 261 g/mol. The number of aromatic nitrogens is 1. The van der Waals surface area contributed by atoms with Gasteiger partial charge in [0.1, 0.15) is 5.75 Å². The van der Waals surface area contributed by atoms with Crippen LogP contribution in [-0.2, 0) is 26.2 Å². The fraction of sp³-hybridized carbons (Fsp3) is 0.500. The van der Waals surface area contributed by atoms with E-state index in [1.165, 1.54) is 0 Å². The maximum Gasteiger partial charge on any atom is 0.443 e. The van der Waals surface area contributed by atoms with Gasteiger partial charge in [-0.1, -0.05) is 0 Å². The van der Waals surface area contributed by atoms with Crippen molar-refractivity contribution >= 4 is 21.5 Å². The van der Waals surface area contributed by atoms with Crippen LogP contribution in [0.4, 0.5) is 13.2 Å². The van der Waals surface area contributed by atoms with Crippen LogP contribution in [0.1, 0.15) is 9.88 Å². The summed E-state index contributed by atoms with van der Waals surface area (Å²) in [4.78, 5) is 3.07. The van der Waals surface area contributed by atoms with Crippen LogP contribution in [0.25, 0.3) is 0 Å². The first-order chi connectivity index (χ1) is 6.74. The Kier molecular flexibility index (Phi) is 3.36. The largest absolute Gasteiger partial charge is 0.443 e. The molecule has 1 aromatic heterocycles. The molecule has 0 radical (unpaired) electrons. The van der Waals surface area contributed by atoms with Crippen molar-refractivity contribution in [2.75, 3.05) is 7.11 Å². The Morgan fingerprint density at radius 2 is 2.13 bits per heavy atom. The molecule has 1 rings (SSSR count). The van der Waals surface area contributed by atoms with Gasteiger partial charge in [0.25, 0.3) is 10.1 Å².